The largest absolute Gasteiger partial charge is 0.462 e. The van der Waals surface area contributed by atoms with E-state index in [1.165, 1.54) is 5.57 Å². The first-order valence-electron chi connectivity index (χ1n) is 12.3. The Morgan fingerprint density at radius 2 is 2.09 bits per heavy atom. The zero-order valence-electron chi connectivity index (χ0n) is 20.4. The van der Waals surface area contributed by atoms with Crippen molar-refractivity contribution in [2.45, 2.75) is 97.3 Å². The van der Waals surface area contributed by atoms with Crippen molar-refractivity contribution < 1.29 is 24.2 Å². The van der Waals surface area contributed by atoms with Gasteiger partial charge in [0.05, 0.1) is 17.9 Å². The van der Waals surface area contributed by atoms with Gasteiger partial charge in [0.15, 0.2) is 0 Å². The van der Waals surface area contributed by atoms with Gasteiger partial charge in [-0.3, -0.25) is 14.9 Å². The van der Waals surface area contributed by atoms with Crippen LogP contribution in [0.5, 0.6) is 0 Å². The molecule has 0 radical (unpaired) electrons. The van der Waals surface area contributed by atoms with E-state index in [-0.39, 0.29) is 42.7 Å². The molecular weight excluding hydrogens is 406 g/mol. The number of aliphatic hydroxyl groups excluding tert-OH is 1. The van der Waals surface area contributed by atoms with E-state index >= 15 is 0 Å². The highest BCUT2D eigenvalue weighted by molar-refractivity contribution is 5.75. The Morgan fingerprint density at radius 3 is 2.78 bits per heavy atom. The van der Waals surface area contributed by atoms with Crippen LogP contribution in [-0.4, -0.2) is 41.5 Å². The van der Waals surface area contributed by atoms with E-state index < -0.39 is 11.5 Å². The van der Waals surface area contributed by atoms with Crippen LogP contribution >= 0.6 is 0 Å². The lowest BCUT2D eigenvalue weighted by atomic mass is 9.61. The molecular formula is C26H41NO5. The molecule has 3 aliphatic rings. The molecule has 1 aliphatic heterocycles. The maximum absolute atomic E-state index is 12.5. The Balaban J connectivity index is 1.75. The summed E-state index contributed by atoms with van der Waals surface area (Å²) in [5.74, 6) is 0.630. The van der Waals surface area contributed by atoms with Crippen LogP contribution in [0.25, 0.3) is 0 Å². The van der Waals surface area contributed by atoms with Gasteiger partial charge in [-0.05, 0) is 69.3 Å². The molecule has 1 unspecified atom stereocenters. The molecule has 2 aliphatic carbocycles. The lowest BCUT2D eigenvalue weighted by Gasteiger charge is -2.50. The van der Waals surface area contributed by atoms with E-state index in [0.717, 1.165) is 32.1 Å². The van der Waals surface area contributed by atoms with Crippen molar-refractivity contribution in [2.24, 2.45) is 23.2 Å². The molecule has 0 saturated carbocycles. The summed E-state index contributed by atoms with van der Waals surface area (Å²) in [7, 11) is 0. The molecule has 0 spiro atoms. The zero-order chi connectivity index (χ0) is 23.5. The normalized spacial score (nSPS) is 35.0. The fourth-order valence-electron chi connectivity index (χ4n) is 5.38. The molecule has 180 valence electrons. The van der Waals surface area contributed by atoms with Gasteiger partial charge < -0.3 is 14.6 Å². The van der Waals surface area contributed by atoms with Crippen molar-refractivity contribution in [2.75, 3.05) is 6.73 Å². The molecule has 32 heavy (non-hydrogen) atoms. The van der Waals surface area contributed by atoms with Crippen LogP contribution in [0.4, 0.5) is 0 Å². The minimum Gasteiger partial charge on any atom is -0.462 e. The van der Waals surface area contributed by atoms with Gasteiger partial charge in [0.25, 0.3) is 0 Å². The molecule has 6 nitrogen and oxygen atoms in total. The van der Waals surface area contributed by atoms with Crippen molar-refractivity contribution in [1.82, 2.24) is 5.32 Å². The van der Waals surface area contributed by atoms with Crippen molar-refractivity contribution in [3.8, 4) is 0 Å². The second kappa shape index (κ2) is 10.1. The molecule has 2 N–H and O–H groups in total. The van der Waals surface area contributed by atoms with E-state index in [2.05, 4.69) is 37.4 Å². The molecule has 1 fully saturated rings. The highest BCUT2D eigenvalue weighted by Gasteiger charge is 2.47. The van der Waals surface area contributed by atoms with E-state index in [9.17, 15) is 14.7 Å². The summed E-state index contributed by atoms with van der Waals surface area (Å²) < 4.78 is 11.2. The van der Waals surface area contributed by atoms with E-state index in [4.69, 9.17) is 9.47 Å². The van der Waals surface area contributed by atoms with Gasteiger partial charge in [0, 0.05) is 12.0 Å². The second-order valence-corrected chi connectivity index (χ2v) is 10.7. The number of cyclic esters (lactones) is 1. The minimum absolute atomic E-state index is 0.0921. The molecule has 6 atom stereocenters. The number of carbonyl (C=O) groups is 2. The number of rotatable bonds is 8. The molecule has 0 bridgehead atoms. The minimum atomic E-state index is -0.607. The van der Waals surface area contributed by atoms with E-state index in [0.29, 0.717) is 18.3 Å². The number of hydrogen-bond donors (Lipinski definition) is 2. The molecule has 0 amide bonds. The van der Waals surface area contributed by atoms with Gasteiger partial charge >= 0.3 is 11.9 Å². The lowest BCUT2D eigenvalue weighted by Crippen LogP contribution is -2.58. The topological polar surface area (TPSA) is 84.9 Å². The third-order valence-electron chi connectivity index (χ3n) is 7.88. The maximum Gasteiger partial charge on any atom is 0.312 e. The van der Waals surface area contributed by atoms with Crippen molar-refractivity contribution >= 4 is 11.9 Å². The first-order valence-corrected chi connectivity index (χ1v) is 12.3. The number of esters is 2. The van der Waals surface area contributed by atoms with Gasteiger partial charge in [-0.15, -0.1) is 0 Å². The molecule has 1 saturated heterocycles. The molecule has 0 aromatic carbocycles. The Hall–Kier alpha value is -1.66. The number of allylic oxidation sites excluding steroid dienone is 2. The van der Waals surface area contributed by atoms with Crippen LogP contribution in [0.15, 0.2) is 23.8 Å². The Labute approximate surface area is 192 Å². The molecule has 0 aromatic rings. The average molecular weight is 448 g/mol. The first-order chi connectivity index (χ1) is 15.1. The number of ether oxygens (including phenoxy) is 2. The lowest BCUT2D eigenvalue weighted by molar-refractivity contribution is -0.160. The van der Waals surface area contributed by atoms with Crippen LogP contribution in [0.3, 0.4) is 0 Å². The summed E-state index contributed by atoms with van der Waals surface area (Å²) in [6.45, 7) is 10.5. The standard InChI is InChI=1S/C26H41NO5/c1-6-25(4,5)24(30)31-16-27-26-12-11-17(2)13-19(26)8-7-18(3)22(26)10-9-21-14-20(28)15-23(29)32-21/h7-8,13,17-18,20-22,27-28H,6,9-12,14-16H2,1-5H3/t17-,18+,20-,21-,22?,26-/m1/s1. The van der Waals surface area contributed by atoms with Gasteiger partial charge in [0.1, 0.15) is 12.8 Å². The van der Waals surface area contributed by atoms with Crippen molar-refractivity contribution in [3.05, 3.63) is 23.8 Å². The molecule has 0 aromatic heterocycles. The third-order valence-corrected chi connectivity index (χ3v) is 7.88. The van der Waals surface area contributed by atoms with E-state index in [1.54, 1.807) is 0 Å². The summed E-state index contributed by atoms with van der Waals surface area (Å²) in [5, 5.41) is 13.6. The van der Waals surface area contributed by atoms with Gasteiger partial charge in [-0.2, -0.15) is 0 Å². The Bertz CT molecular complexity index is 757. The SMILES string of the molecule is CCC(C)(C)C(=O)OCN[C@]12CC[C@@H](C)C=C1C=C[C@H](C)C2CC[C@@H]1C[C@@H](O)CC(=O)O1. The fourth-order valence-corrected chi connectivity index (χ4v) is 5.38. The highest BCUT2D eigenvalue weighted by atomic mass is 16.5. The number of hydrogen-bond acceptors (Lipinski definition) is 6. The smallest absolute Gasteiger partial charge is 0.312 e. The first kappa shape index (κ1) is 25.0. The van der Waals surface area contributed by atoms with Crippen LogP contribution < -0.4 is 5.32 Å². The number of carbonyl (C=O) groups excluding carboxylic acids is 2. The summed E-state index contributed by atoms with van der Waals surface area (Å²) >= 11 is 0. The van der Waals surface area contributed by atoms with Crippen LogP contribution in [0.1, 0.15) is 79.6 Å². The quantitative estimate of drug-likeness (QED) is 0.427. The summed E-state index contributed by atoms with van der Waals surface area (Å²) in [5.41, 5.74) is 0.504. The summed E-state index contributed by atoms with van der Waals surface area (Å²) in [6, 6.07) is 0. The number of aliphatic hydroxyl groups is 1. The van der Waals surface area contributed by atoms with Gasteiger partial charge in [-0.1, -0.05) is 39.0 Å². The average Bonchev–Trinajstić information content (AvgIpc) is 2.73. The number of fused-ring (bicyclic) bond motifs is 1. The van der Waals surface area contributed by atoms with Crippen molar-refractivity contribution in [1.29, 1.82) is 0 Å². The Kier molecular flexibility index (Phi) is 7.87. The Morgan fingerprint density at radius 1 is 1.34 bits per heavy atom. The molecule has 1 heterocycles. The van der Waals surface area contributed by atoms with Gasteiger partial charge in [-0.25, -0.2) is 0 Å². The zero-order valence-corrected chi connectivity index (χ0v) is 20.4. The van der Waals surface area contributed by atoms with Crippen LogP contribution in [-0.2, 0) is 19.1 Å². The predicted molar refractivity (Wildman–Crippen MR) is 124 cm³/mol. The highest BCUT2D eigenvalue weighted by Crippen LogP contribution is 2.47. The second-order valence-electron chi connectivity index (χ2n) is 10.7. The third kappa shape index (κ3) is 5.45. The van der Waals surface area contributed by atoms with Crippen LogP contribution in [0, 0.1) is 23.2 Å². The predicted octanol–water partition coefficient (Wildman–Crippen LogP) is 4.28. The fraction of sp³-hybridized carbons (Fsp3) is 0.769. The van der Waals surface area contributed by atoms with Gasteiger partial charge in [0.2, 0.25) is 0 Å². The van der Waals surface area contributed by atoms with Crippen LogP contribution in [0.2, 0.25) is 0 Å². The summed E-state index contributed by atoms with van der Waals surface area (Å²) in [4.78, 5) is 24.3. The molecule has 6 heteroatoms. The maximum atomic E-state index is 12.5. The summed E-state index contributed by atoms with van der Waals surface area (Å²) in [6.07, 6.45) is 10.9. The van der Waals surface area contributed by atoms with E-state index in [1.807, 2.05) is 20.8 Å². The van der Waals surface area contributed by atoms with Crippen molar-refractivity contribution in [3.63, 3.8) is 0 Å². The molecule has 3 rings (SSSR count). The monoisotopic (exact) mass is 447 g/mol. The number of nitrogens with one attached hydrogen (secondary N) is 1.